The van der Waals surface area contributed by atoms with Crippen LogP contribution in [0.5, 0.6) is 5.75 Å². The van der Waals surface area contributed by atoms with Crippen LogP contribution in [-0.2, 0) is 42.4 Å². The van der Waals surface area contributed by atoms with Crippen LogP contribution in [0.3, 0.4) is 0 Å². The van der Waals surface area contributed by atoms with E-state index in [4.69, 9.17) is 33.7 Å². The Bertz CT molecular complexity index is 1690. The summed E-state index contributed by atoms with van der Waals surface area (Å²) in [6, 6.07) is 9.84. The molecule has 2 aliphatic rings. The lowest BCUT2D eigenvalue weighted by Crippen LogP contribution is -2.44. The second-order valence-corrected chi connectivity index (χ2v) is 13.0. The number of halogens is 1. The van der Waals surface area contributed by atoms with E-state index < -0.39 is 74.0 Å². The van der Waals surface area contributed by atoms with E-state index in [0.717, 1.165) is 0 Å². The third-order valence-electron chi connectivity index (χ3n) is 7.82. The van der Waals surface area contributed by atoms with Gasteiger partial charge in [-0.15, -0.1) is 0 Å². The summed E-state index contributed by atoms with van der Waals surface area (Å²) >= 11 is 0. The standard InChI is InChI=1S/C30H37FN5O10P/c1-6-22(37)42-25-24(20-13-14-21-26(32)33-16-34-36(20)21)44-29(15-31)28(30(25,29)43-23(38)7-2)46-47(40,45-19-11-9-8-10-12-19)35-18(5)27(39)41-17(3)4/h8-14,16-18,24-25,28H,6-7,15H2,1-5H3,(H,35,40)(H2,32,33,34)/t18-,24-,25-,28?,29+,30+,47+/m0/s1. The molecule has 0 amide bonds. The average molecular weight is 678 g/mol. The first kappa shape index (κ1) is 34.2. The Morgan fingerprint density at radius 2 is 1.81 bits per heavy atom. The number of carbonyl (C=O) groups excluding carboxylic acids is 3. The second kappa shape index (κ2) is 13.2. The van der Waals surface area contributed by atoms with Crippen LogP contribution in [0.2, 0.25) is 0 Å². The molecule has 0 radical (unpaired) electrons. The molecule has 2 aromatic heterocycles. The summed E-state index contributed by atoms with van der Waals surface area (Å²) in [4.78, 5) is 42.5. The molecule has 3 aromatic rings. The minimum atomic E-state index is -4.66. The molecule has 3 N–H and O–H groups in total. The number of rotatable bonds is 14. The van der Waals surface area contributed by atoms with E-state index in [9.17, 15) is 18.9 Å². The first-order chi connectivity index (χ1) is 22.3. The van der Waals surface area contributed by atoms with Gasteiger partial charge in [0.1, 0.15) is 36.4 Å². The van der Waals surface area contributed by atoms with Gasteiger partial charge >= 0.3 is 25.7 Å². The van der Waals surface area contributed by atoms with Crippen molar-refractivity contribution in [3.05, 3.63) is 54.5 Å². The van der Waals surface area contributed by atoms with Crippen molar-refractivity contribution in [2.24, 2.45) is 0 Å². The number of anilines is 1. The van der Waals surface area contributed by atoms with Gasteiger partial charge < -0.3 is 29.2 Å². The lowest BCUT2D eigenvalue weighted by molar-refractivity contribution is -0.177. The van der Waals surface area contributed by atoms with Gasteiger partial charge in [-0.25, -0.2) is 18.5 Å². The zero-order valence-electron chi connectivity index (χ0n) is 26.5. The minimum Gasteiger partial charge on any atom is -0.462 e. The normalized spacial score (nSPS) is 26.7. The quantitative estimate of drug-likeness (QED) is 0.143. The van der Waals surface area contributed by atoms with E-state index >= 15 is 4.39 Å². The number of nitrogens with two attached hydrogens (primary N) is 1. The van der Waals surface area contributed by atoms with E-state index in [-0.39, 0.29) is 30.1 Å². The molecular weight excluding hydrogens is 640 g/mol. The molecule has 1 aliphatic carbocycles. The van der Waals surface area contributed by atoms with Gasteiger partial charge in [0, 0.05) is 12.8 Å². The minimum absolute atomic E-state index is 0.0807. The number of benzene rings is 1. The lowest BCUT2D eigenvalue weighted by Gasteiger charge is -2.30. The van der Waals surface area contributed by atoms with Crippen LogP contribution in [0.1, 0.15) is 59.3 Å². The Morgan fingerprint density at radius 1 is 1.11 bits per heavy atom. The highest BCUT2D eigenvalue weighted by atomic mass is 31.2. The maximum atomic E-state index is 15.5. The SMILES string of the molecule is CCC(=O)O[C@H]1[C@H](c2ccc3c(N)ncnn23)O[C@]2(CF)C(O[P@@](=O)(N[C@@H](C)C(=O)OC(C)C)Oc3ccccc3)[C@]12OC(=O)CC. The number of alkyl halides is 1. The van der Waals surface area contributed by atoms with Crippen LogP contribution in [0.4, 0.5) is 10.2 Å². The van der Waals surface area contributed by atoms with Gasteiger partial charge in [0.25, 0.3) is 0 Å². The van der Waals surface area contributed by atoms with E-state index in [1.54, 1.807) is 51.1 Å². The highest BCUT2D eigenvalue weighted by Crippen LogP contribution is 2.71. The summed E-state index contributed by atoms with van der Waals surface area (Å²) in [5.41, 5.74) is 2.40. The van der Waals surface area contributed by atoms with Crippen molar-refractivity contribution in [2.45, 2.75) is 89.1 Å². The molecule has 0 bridgehead atoms. The lowest BCUT2D eigenvalue weighted by atomic mass is 10.0. The van der Waals surface area contributed by atoms with Gasteiger partial charge in [0.05, 0.1) is 11.8 Å². The van der Waals surface area contributed by atoms with Crippen LogP contribution < -0.4 is 15.3 Å². The topological polar surface area (TPSA) is 192 Å². The number of hydrogen-bond acceptors (Lipinski definition) is 13. The molecule has 47 heavy (non-hydrogen) atoms. The predicted molar refractivity (Wildman–Crippen MR) is 163 cm³/mol. The largest absolute Gasteiger partial charge is 0.462 e. The molecule has 1 aromatic carbocycles. The molecule has 0 spiro atoms. The number of carbonyl (C=O) groups is 3. The van der Waals surface area contributed by atoms with Crippen molar-refractivity contribution >= 4 is 37.0 Å². The number of para-hydroxylation sites is 1. The third kappa shape index (κ3) is 6.18. The van der Waals surface area contributed by atoms with Gasteiger partial charge in [-0.05, 0) is 45.0 Å². The number of ether oxygens (including phenoxy) is 4. The van der Waals surface area contributed by atoms with Crippen molar-refractivity contribution in [1.29, 1.82) is 0 Å². The number of nitrogen functional groups attached to an aromatic ring is 1. The Kier molecular flexibility index (Phi) is 9.60. The fourth-order valence-corrected chi connectivity index (χ4v) is 7.33. The monoisotopic (exact) mass is 677 g/mol. The maximum absolute atomic E-state index is 15.5. The Balaban J connectivity index is 1.59. The molecule has 254 valence electrons. The first-order valence-corrected chi connectivity index (χ1v) is 16.6. The van der Waals surface area contributed by atoms with Crippen LogP contribution >= 0.6 is 7.75 Å². The zero-order valence-corrected chi connectivity index (χ0v) is 27.3. The molecule has 5 rings (SSSR count). The van der Waals surface area contributed by atoms with Crippen LogP contribution in [0.15, 0.2) is 48.8 Å². The zero-order chi connectivity index (χ0) is 34.1. The molecule has 3 heterocycles. The first-order valence-electron chi connectivity index (χ1n) is 15.1. The van der Waals surface area contributed by atoms with Crippen molar-refractivity contribution in [3.63, 3.8) is 0 Å². The number of nitrogens with zero attached hydrogens (tertiary/aromatic N) is 3. The number of aromatic nitrogens is 3. The van der Waals surface area contributed by atoms with Gasteiger partial charge in [-0.1, -0.05) is 32.0 Å². The maximum Gasteiger partial charge on any atom is 0.459 e. The van der Waals surface area contributed by atoms with Gasteiger partial charge in [0.15, 0.2) is 23.6 Å². The third-order valence-corrected chi connectivity index (χ3v) is 9.46. The number of esters is 3. The molecule has 1 aliphatic heterocycles. The molecule has 1 saturated heterocycles. The van der Waals surface area contributed by atoms with Gasteiger partial charge in [-0.3, -0.25) is 18.9 Å². The number of nitrogens with one attached hydrogen (secondary N) is 1. The smallest absolute Gasteiger partial charge is 0.459 e. The van der Waals surface area contributed by atoms with Gasteiger partial charge in [0.2, 0.25) is 5.60 Å². The summed E-state index contributed by atoms with van der Waals surface area (Å²) in [7, 11) is -4.66. The molecule has 2 fully saturated rings. The van der Waals surface area contributed by atoms with Crippen molar-refractivity contribution in [1.82, 2.24) is 19.7 Å². The molecular formula is C30H37FN5O10P. The van der Waals surface area contributed by atoms with Crippen molar-refractivity contribution in [2.75, 3.05) is 12.4 Å². The van der Waals surface area contributed by atoms with E-state index in [1.807, 2.05) is 0 Å². The Labute approximate surface area is 269 Å². The van der Waals surface area contributed by atoms with Crippen molar-refractivity contribution < 1.29 is 51.3 Å². The highest BCUT2D eigenvalue weighted by molar-refractivity contribution is 7.52. The molecule has 7 atom stereocenters. The van der Waals surface area contributed by atoms with E-state index in [1.165, 1.54) is 36.8 Å². The van der Waals surface area contributed by atoms with Crippen LogP contribution in [0.25, 0.3) is 5.52 Å². The molecule has 17 heteroatoms. The number of hydrogen-bond donors (Lipinski definition) is 2. The molecule has 1 saturated carbocycles. The second-order valence-electron chi connectivity index (χ2n) is 11.4. The predicted octanol–water partition coefficient (Wildman–Crippen LogP) is 3.62. The number of fused-ring (bicyclic) bond motifs is 2. The van der Waals surface area contributed by atoms with Gasteiger partial charge in [-0.2, -0.15) is 10.2 Å². The van der Waals surface area contributed by atoms with Crippen molar-refractivity contribution in [3.8, 4) is 5.75 Å². The fraction of sp³-hybridized carbons (Fsp3) is 0.500. The van der Waals surface area contributed by atoms with Crippen LogP contribution in [0, 0.1) is 0 Å². The van der Waals surface area contributed by atoms with Crippen LogP contribution in [-0.4, -0.2) is 74.7 Å². The molecule has 1 unspecified atom stereocenters. The summed E-state index contributed by atoms with van der Waals surface area (Å²) in [6.45, 7) is 6.40. The highest BCUT2D eigenvalue weighted by Gasteiger charge is 2.94. The Hall–Kier alpha value is -4.11. The van der Waals surface area contributed by atoms with E-state index in [0.29, 0.717) is 5.52 Å². The Morgan fingerprint density at radius 3 is 2.45 bits per heavy atom. The summed E-state index contributed by atoms with van der Waals surface area (Å²) in [5.74, 6) is -2.07. The summed E-state index contributed by atoms with van der Waals surface area (Å²) in [5, 5.41) is 6.76. The fourth-order valence-electron chi connectivity index (χ4n) is 5.59. The van der Waals surface area contributed by atoms with E-state index in [2.05, 4.69) is 15.2 Å². The average Bonchev–Trinajstić information content (AvgIpc) is 3.28. The summed E-state index contributed by atoms with van der Waals surface area (Å²) in [6.07, 6.45) is -3.95. The summed E-state index contributed by atoms with van der Waals surface area (Å²) < 4.78 is 66.4. The molecule has 15 nitrogen and oxygen atoms in total.